The van der Waals surface area contributed by atoms with Gasteiger partial charge in [-0.25, -0.2) is 8.78 Å². The summed E-state index contributed by atoms with van der Waals surface area (Å²) >= 11 is 0. The topological polar surface area (TPSA) is 63.4 Å². The van der Waals surface area contributed by atoms with E-state index in [9.17, 15) is 31.5 Å². The molecule has 1 aliphatic rings. The average Bonchev–Trinajstić information content (AvgIpc) is 2.94. The maximum Gasteiger partial charge on any atom is 0.416 e. The van der Waals surface area contributed by atoms with Gasteiger partial charge in [0.25, 0.3) is 0 Å². The van der Waals surface area contributed by atoms with E-state index >= 15 is 0 Å². The summed E-state index contributed by atoms with van der Waals surface area (Å²) < 4.78 is 65.7. The first-order valence-electron chi connectivity index (χ1n) is 7.83. The zero-order chi connectivity index (χ0) is 19.9. The smallest absolute Gasteiger partial charge is 0.369 e. The zero-order valence-electron chi connectivity index (χ0n) is 13.6. The Kier molecular flexibility index (Phi) is 4.63. The van der Waals surface area contributed by atoms with Crippen LogP contribution >= 0.6 is 0 Å². The number of amides is 2. The number of rotatable bonds is 3. The first-order valence-corrected chi connectivity index (χ1v) is 7.83. The largest absolute Gasteiger partial charge is 0.416 e. The predicted molar refractivity (Wildman–Crippen MR) is 85.6 cm³/mol. The van der Waals surface area contributed by atoms with Gasteiger partial charge in [0.15, 0.2) is 11.6 Å². The van der Waals surface area contributed by atoms with Gasteiger partial charge in [-0.3, -0.25) is 9.59 Å². The molecule has 0 spiro atoms. The number of hydrogen-bond donors (Lipinski definition) is 1. The third-order valence-corrected chi connectivity index (χ3v) is 4.51. The van der Waals surface area contributed by atoms with Crippen LogP contribution in [0.2, 0.25) is 0 Å². The van der Waals surface area contributed by atoms with E-state index in [2.05, 4.69) is 0 Å². The van der Waals surface area contributed by atoms with Crippen molar-refractivity contribution in [1.29, 1.82) is 0 Å². The minimum absolute atomic E-state index is 0.224. The predicted octanol–water partition coefficient (Wildman–Crippen LogP) is 3.22. The summed E-state index contributed by atoms with van der Waals surface area (Å²) in [4.78, 5) is 25.2. The van der Waals surface area contributed by atoms with Crippen LogP contribution in [-0.2, 0) is 15.8 Å². The van der Waals surface area contributed by atoms with Crippen molar-refractivity contribution in [2.24, 2.45) is 11.7 Å². The molecule has 3 rings (SSSR count). The van der Waals surface area contributed by atoms with Gasteiger partial charge in [-0.1, -0.05) is 18.2 Å². The van der Waals surface area contributed by atoms with Gasteiger partial charge in [-0.05, 0) is 29.8 Å². The first kappa shape index (κ1) is 18.8. The monoisotopic (exact) mass is 384 g/mol. The molecule has 0 saturated carbocycles. The Bertz CT molecular complexity index is 896. The summed E-state index contributed by atoms with van der Waals surface area (Å²) in [6.45, 7) is -0.224. The second kappa shape index (κ2) is 6.64. The van der Waals surface area contributed by atoms with Crippen LogP contribution in [0.4, 0.5) is 27.6 Å². The molecule has 2 N–H and O–H groups in total. The number of anilines is 1. The summed E-state index contributed by atoms with van der Waals surface area (Å²) in [6.07, 6.45) is -4.54. The average molecular weight is 384 g/mol. The van der Waals surface area contributed by atoms with Gasteiger partial charge >= 0.3 is 6.18 Å². The maximum atomic E-state index is 14.1. The van der Waals surface area contributed by atoms with E-state index in [4.69, 9.17) is 5.73 Å². The van der Waals surface area contributed by atoms with Crippen molar-refractivity contribution in [3.05, 3.63) is 65.2 Å². The Labute approximate surface area is 150 Å². The highest BCUT2D eigenvalue weighted by Crippen LogP contribution is 2.38. The number of halogens is 5. The molecule has 1 aliphatic heterocycles. The molecule has 2 aromatic rings. The number of alkyl halides is 3. The summed E-state index contributed by atoms with van der Waals surface area (Å²) in [5.74, 6) is -6.55. The molecule has 1 fully saturated rings. The molecule has 1 heterocycles. The summed E-state index contributed by atoms with van der Waals surface area (Å²) in [5.41, 5.74) is 4.30. The third kappa shape index (κ3) is 3.36. The Balaban J connectivity index is 1.99. The molecule has 0 aliphatic carbocycles. The molecule has 0 bridgehead atoms. The molecule has 2 amide bonds. The lowest BCUT2D eigenvalue weighted by atomic mass is 9.87. The van der Waals surface area contributed by atoms with Gasteiger partial charge in [-0.15, -0.1) is 0 Å². The van der Waals surface area contributed by atoms with Crippen molar-refractivity contribution in [3.63, 3.8) is 0 Å². The number of primary amides is 1. The minimum atomic E-state index is -4.54. The van der Waals surface area contributed by atoms with Gasteiger partial charge in [0.05, 0.1) is 11.3 Å². The SMILES string of the molecule is NC(=O)C1C(=O)N(c2cccc(F)c2F)CC1c1ccc(C(F)(F)F)cc1. The van der Waals surface area contributed by atoms with E-state index in [0.29, 0.717) is 0 Å². The lowest BCUT2D eigenvalue weighted by molar-refractivity contribution is -0.137. The number of hydrogen-bond acceptors (Lipinski definition) is 2. The van der Waals surface area contributed by atoms with Crippen molar-refractivity contribution in [2.75, 3.05) is 11.4 Å². The highest BCUT2D eigenvalue weighted by atomic mass is 19.4. The van der Waals surface area contributed by atoms with E-state index < -0.39 is 47.0 Å². The van der Waals surface area contributed by atoms with E-state index in [1.165, 1.54) is 12.1 Å². The van der Waals surface area contributed by atoms with Crippen LogP contribution in [0.3, 0.4) is 0 Å². The Morgan fingerprint density at radius 2 is 1.70 bits per heavy atom. The molecule has 0 aromatic heterocycles. The first-order chi connectivity index (χ1) is 12.6. The fourth-order valence-electron chi connectivity index (χ4n) is 3.19. The van der Waals surface area contributed by atoms with Gasteiger partial charge in [0.1, 0.15) is 5.92 Å². The fourth-order valence-corrected chi connectivity index (χ4v) is 3.19. The minimum Gasteiger partial charge on any atom is -0.369 e. The lowest BCUT2D eigenvalue weighted by Crippen LogP contribution is -2.34. The van der Waals surface area contributed by atoms with Gasteiger partial charge in [0, 0.05) is 12.5 Å². The highest BCUT2D eigenvalue weighted by Gasteiger charge is 2.46. The Morgan fingerprint density at radius 1 is 1.07 bits per heavy atom. The van der Waals surface area contributed by atoms with Crippen LogP contribution < -0.4 is 10.6 Å². The third-order valence-electron chi connectivity index (χ3n) is 4.51. The standard InChI is InChI=1S/C18H13F5N2O2/c19-12-2-1-3-13(15(12)20)25-8-11(14(16(24)26)17(25)27)9-4-6-10(7-5-9)18(21,22)23/h1-7,11,14H,8H2,(H2,24,26). The van der Waals surface area contributed by atoms with Crippen molar-refractivity contribution >= 4 is 17.5 Å². The molecule has 2 atom stereocenters. The van der Waals surface area contributed by atoms with E-state index in [1.807, 2.05) is 0 Å². The Morgan fingerprint density at radius 3 is 2.26 bits per heavy atom. The summed E-state index contributed by atoms with van der Waals surface area (Å²) in [7, 11) is 0. The number of nitrogens with zero attached hydrogens (tertiary/aromatic N) is 1. The zero-order valence-corrected chi connectivity index (χ0v) is 13.6. The molecule has 4 nitrogen and oxygen atoms in total. The van der Waals surface area contributed by atoms with Gasteiger partial charge < -0.3 is 10.6 Å². The molecular formula is C18H13F5N2O2. The van der Waals surface area contributed by atoms with Crippen molar-refractivity contribution < 1.29 is 31.5 Å². The highest BCUT2D eigenvalue weighted by molar-refractivity contribution is 6.10. The number of benzene rings is 2. The number of carbonyl (C=O) groups is 2. The van der Waals surface area contributed by atoms with E-state index in [1.54, 1.807) is 0 Å². The van der Waals surface area contributed by atoms with Crippen molar-refractivity contribution in [2.45, 2.75) is 12.1 Å². The molecule has 1 saturated heterocycles. The quantitative estimate of drug-likeness (QED) is 0.653. The second-order valence-corrected chi connectivity index (χ2v) is 6.13. The second-order valence-electron chi connectivity index (χ2n) is 6.13. The van der Waals surface area contributed by atoms with Gasteiger partial charge in [-0.2, -0.15) is 13.2 Å². The van der Waals surface area contributed by atoms with Crippen molar-refractivity contribution in [3.8, 4) is 0 Å². The normalized spacial score (nSPS) is 20.2. The van der Waals surface area contributed by atoms with Crippen LogP contribution in [0.25, 0.3) is 0 Å². The van der Waals surface area contributed by atoms with Crippen LogP contribution in [0.1, 0.15) is 17.0 Å². The summed E-state index contributed by atoms with van der Waals surface area (Å²) in [6, 6.07) is 7.17. The lowest BCUT2D eigenvalue weighted by Gasteiger charge is -2.18. The molecule has 9 heteroatoms. The molecule has 2 aromatic carbocycles. The van der Waals surface area contributed by atoms with Crippen LogP contribution in [0.15, 0.2) is 42.5 Å². The Hall–Kier alpha value is -2.97. The molecule has 0 radical (unpaired) electrons. The van der Waals surface area contributed by atoms with Gasteiger partial charge in [0.2, 0.25) is 11.8 Å². The molecule has 27 heavy (non-hydrogen) atoms. The summed E-state index contributed by atoms with van der Waals surface area (Å²) in [5, 5.41) is 0. The van der Waals surface area contributed by atoms with Crippen LogP contribution in [0.5, 0.6) is 0 Å². The number of carbonyl (C=O) groups excluding carboxylic acids is 2. The number of nitrogens with two attached hydrogens (primary N) is 1. The fraction of sp³-hybridized carbons (Fsp3) is 0.222. The van der Waals surface area contributed by atoms with Crippen LogP contribution in [0, 0.1) is 17.6 Å². The molecule has 142 valence electrons. The van der Waals surface area contributed by atoms with E-state index in [-0.39, 0.29) is 17.8 Å². The van der Waals surface area contributed by atoms with Crippen molar-refractivity contribution in [1.82, 2.24) is 0 Å². The van der Waals surface area contributed by atoms with E-state index in [0.717, 1.165) is 35.2 Å². The molecule has 2 unspecified atom stereocenters. The van der Waals surface area contributed by atoms with Crippen LogP contribution in [-0.4, -0.2) is 18.4 Å². The maximum absolute atomic E-state index is 14.1. The molecular weight excluding hydrogens is 371 g/mol.